The summed E-state index contributed by atoms with van der Waals surface area (Å²) in [5.41, 5.74) is 12.7. The molecule has 118 valence electrons. The lowest BCUT2D eigenvalue weighted by atomic mass is 9.87. The number of hydrogen-bond acceptors (Lipinski definition) is 6. The lowest BCUT2D eigenvalue weighted by molar-refractivity contribution is 0.305. The molecule has 7 heteroatoms. The Morgan fingerprint density at radius 1 is 1.23 bits per heavy atom. The molecule has 6 nitrogen and oxygen atoms in total. The zero-order valence-electron chi connectivity index (χ0n) is 12.6. The second-order valence-corrected chi connectivity index (χ2v) is 6.80. The maximum absolute atomic E-state index is 6.23. The van der Waals surface area contributed by atoms with Crippen LogP contribution in [0.4, 0.5) is 5.69 Å². The monoisotopic (exact) mass is 413 g/mol. The van der Waals surface area contributed by atoms with Gasteiger partial charge in [0.05, 0.1) is 12.8 Å². The third-order valence-electron chi connectivity index (χ3n) is 4.25. The number of methoxy groups -OCH3 is 1. The quantitative estimate of drug-likeness (QED) is 0.729. The standard InChI is InChI=1S/C15H20IN5O/c1-22-10-5-6-12(11(16)9-10)21-14(18)19-13(17)20-15(21)7-3-2-4-8-15/h5-6,9H,2-4,7-8H2,1H3,(H4,17,18,19,20). The summed E-state index contributed by atoms with van der Waals surface area (Å²) < 4.78 is 6.34. The number of benzene rings is 1. The van der Waals surface area contributed by atoms with Crippen LogP contribution >= 0.6 is 22.6 Å². The summed E-state index contributed by atoms with van der Waals surface area (Å²) in [7, 11) is 1.66. The van der Waals surface area contributed by atoms with Crippen molar-refractivity contribution in [3.63, 3.8) is 0 Å². The summed E-state index contributed by atoms with van der Waals surface area (Å²) in [6.45, 7) is 0. The Hall–Kier alpha value is -1.51. The van der Waals surface area contributed by atoms with Gasteiger partial charge in [-0.25, -0.2) is 4.99 Å². The molecule has 0 atom stereocenters. The molecular weight excluding hydrogens is 393 g/mol. The highest BCUT2D eigenvalue weighted by molar-refractivity contribution is 14.1. The van der Waals surface area contributed by atoms with Gasteiger partial charge in [-0.2, -0.15) is 4.99 Å². The number of halogens is 1. The summed E-state index contributed by atoms with van der Waals surface area (Å²) in [4.78, 5) is 10.9. The van der Waals surface area contributed by atoms with Crippen LogP contribution in [0.25, 0.3) is 0 Å². The highest BCUT2D eigenvalue weighted by Crippen LogP contribution is 2.41. The number of nitrogens with two attached hydrogens (primary N) is 2. The van der Waals surface area contributed by atoms with Crippen molar-refractivity contribution < 1.29 is 4.74 Å². The average molecular weight is 413 g/mol. The molecule has 2 aliphatic rings. The molecular formula is C15H20IN5O. The smallest absolute Gasteiger partial charge is 0.220 e. The van der Waals surface area contributed by atoms with Gasteiger partial charge >= 0.3 is 0 Å². The van der Waals surface area contributed by atoms with Crippen molar-refractivity contribution in [2.45, 2.75) is 37.8 Å². The molecule has 0 bridgehead atoms. The molecule has 4 N–H and O–H groups in total. The van der Waals surface area contributed by atoms with Crippen molar-refractivity contribution in [3.8, 4) is 5.75 Å². The number of aliphatic imine (C=N–C) groups is 2. The summed E-state index contributed by atoms with van der Waals surface area (Å²) in [6, 6.07) is 5.93. The minimum absolute atomic E-state index is 0.277. The molecule has 1 saturated carbocycles. The van der Waals surface area contributed by atoms with Crippen molar-refractivity contribution in [3.05, 3.63) is 21.8 Å². The lowest BCUT2D eigenvalue weighted by Gasteiger charge is -2.45. The fourth-order valence-corrected chi connectivity index (χ4v) is 3.99. The van der Waals surface area contributed by atoms with E-state index in [-0.39, 0.29) is 5.96 Å². The Bertz CT molecular complexity index is 637. The zero-order chi connectivity index (χ0) is 15.7. The molecule has 3 rings (SSSR count). The van der Waals surface area contributed by atoms with E-state index >= 15 is 0 Å². The van der Waals surface area contributed by atoms with E-state index in [1.165, 1.54) is 6.42 Å². The number of anilines is 1. The van der Waals surface area contributed by atoms with Crippen LogP contribution in [0.2, 0.25) is 0 Å². The molecule has 22 heavy (non-hydrogen) atoms. The first kappa shape index (κ1) is 15.4. The van der Waals surface area contributed by atoms with Crippen molar-refractivity contribution >= 4 is 40.2 Å². The lowest BCUT2D eigenvalue weighted by Crippen LogP contribution is -2.58. The van der Waals surface area contributed by atoms with Crippen LogP contribution in [0.5, 0.6) is 5.75 Å². The molecule has 1 aliphatic carbocycles. The largest absolute Gasteiger partial charge is 0.497 e. The molecule has 1 aromatic rings. The van der Waals surface area contributed by atoms with E-state index in [1.54, 1.807) is 7.11 Å². The van der Waals surface area contributed by atoms with Gasteiger partial charge < -0.3 is 16.2 Å². The normalized spacial score (nSPS) is 20.5. The molecule has 0 radical (unpaired) electrons. The van der Waals surface area contributed by atoms with Gasteiger partial charge in [-0.05, 0) is 66.5 Å². The third-order valence-corrected chi connectivity index (χ3v) is 5.11. The van der Waals surface area contributed by atoms with Gasteiger partial charge in [0.15, 0.2) is 0 Å². The fraction of sp³-hybridized carbons (Fsp3) is 0.467. The molecule has 0 amide bonds. The van der Waals surface area contributed by atoms with Gasteiger partial charge in [0.1, 0.15) is 11.4 Å². The molecule has 0 unspecified atom stereocenters. The third kappa shape index (κ3) is 2.62. The van der Waals surface area contributed by atoms with E-state index in [0.717, 1.165) is 40.7 Å². The first-order valence-corrected chi connectivity index (χ1v) is 8.47. The number of ether oxygens (including phenoxy) is 1. The topological polar surface area (TPSA) is 89.2 Å². The Kier molecular flexibility index (Phi) is 4.16. The van der Waals surface area contributed by atoms with Gasteiger partial charge in [-0.3, -0.25) is 4.90 Å². The maximum Gasteiger partial charge on any atom is 0.220 e. The van der Waals surface area contributed by atoms with Gasteiger partial charge in [0.25, 0.3) is 0 Å². The Labute approximate surface area is 143 Å². The molecule has 1 fully saturated rings. The number of hydrogen-bond donors (Lipinski definition) is 2. The van der Waals surface area contributed by atoms with Crippen LogP contribution in [0.3, 0.4) is 0 Å². The van der Waals surface area contributed by atoms with Crippen LogP contribution in [0.1, 0.15) is 32.1 Å². The average Bonchev–Trinajstić information content (AvgIpc) is 2.48. The van der Waals surface area contributed by atoms with Crippen LogP contribution in [-0.4, -0.2) is 24.7 Å². The second kappa shape index (κ2) is 5.94. The van der Waals surface area contributed by atoms with E-state index in [2.05, 4.69) is 32.6 Å². The summed E-state index contributed by atoms with van der Waals surface area (Å²) in [6.07, 6.45) is 5.33. The first-order valence-electron chi connectivity index (χ1n) is 7.39. The SMILES string of the molecule is COc1ccc(N2C(N)=NC(N)=NC23CCCCC3)c(I)c1. The van der Waals surface area contributed by atoms with Gasteiger partial charge in [0, 0.05) is 3.57 Å². The van der Waals surface area contributed by atoms with E-state index in [0.29, 0.717) is 5.96 Å². The van der Waals surface area contributed by atoms with Crippen molar-refractivity contribution in [2.24, 2.45) is 21.5 Å². The Morgan fingerprint density at radius 3 is 2.59 bits per heavy atom. The van der Waals surface area contributed by atoms with Crippen LogP contribution in [-0.2, 0) is 0 Å². The first-order chi connectivity index (χ1) is 10.6. The molecule has 1 spiro atoms. The molecule has 0 saturated heterocycles. The maximum atomic E-state index is 6.23. The Balaban J connectivity index is 2.08. The van der Waals surface area contributed by atoms with Crippen molar-refractivity contribution in [2.75, 3.05) is 12.0 Å². The van der Waals surface area contributed by atoms with E-state index in [4.69, 9.17) is 16.2 Å². The minimum atomic E-state index is -0.400. The highest BCUT2D eigenvalue weighted by atomic mass is 127. The molecule has 0 aromatic heterocycles. The number of guanidine groups is 2. The predicted octanol–water partition coefficient (Wildman–Crippen LogP) is 2.41. The van der Waals surface area contributed by atoms with E-state index in [1.807, 2.05) is 23.1 Å². The molecule has 1 aliphatic heterocycles. The van der Waals surface area contributed by atoms with E-state index in [9.17, 15) is 0 Å². The van der Waals surface area contributed by atoms with Crippen LogP contribution < -0.4 is 21.1 Å². The highest BCUT2D eigenvalue weighted by Gasteiger charge is 2.43. The zero-order valence-corrected chi connectivity index (χ0v) is 14.7. The van der Waals surface area contributed by atoms with Gasteiger partial charge in [-0.1, -0.05) is 6.42 Å². The molecule has 1 heterocycles. The number of nitrogens with zero attached hydrogens (tertiary/aromatic N) is 3. The molecule has 1 aromatic carbocycles. The summed E-state index contributed by atoms with van der Waals surface area (Å²) in [5.74, 6) is 1.51. The predicted molar refractivity (Wildman–Crippen MR) is 97.3 cm³/mol. The van der Waals surface area contributed by atoms with Crippen LogP contribution in [0.15, 0.2) is 28.2 Å². The fourth-order valence-electron chi connectivity index (χ4n) is 3.27. The van der Waals surface area contributed by atoms with Crippen molar-refractivity contribution in [1.29, 1.82) is 0 Å². The van der Waals surface area contributed by atoms with Gasteiger partial charge in [0.2, 0.25) is 11.9 Å². The van der Waals surface area contributed by atoms with Crippen molar-refractivity contribution in [1.82, 2.24) is 0 Å². The second-order valence-electron chi connectivity index (χ2n) is 5.64. The van der Waals surface area contributed by atoms with Crippen LogP contribution in [0, 0.1) is 3.57 Å². The Morgan fingerprint density at radius 2 is 1.95 bits per heavy atom. The summed E-state index contributed by atoms with van der Waals surface area (Å²) >= 11 is 2.29. The van der Waals surface area contributed by atoms with E-state index < -0.39 is 5.66 Å². The number of rotatable bonds is 2. The van der Waals surface area contributed by atoms with Gasteiger partial charge in [-0.15, -0.1) is 0 Å². The minimum Gasteiger partial charge on any atom is -0.497 e. The summed E-state index contributed by atoms with van der Waals surface area (Å²) in [5, 5.41) is 0.